The highest BCUT2D eigenvalue weighted by molar-refractivity contribution is 6.31. The minimum Gasteiger partial charge on any atom is -0.398 e. The highest BCUT2D eigenvalue weighted by atomic mass is 35.5. The van der Waals surface area contributed by atoms with Gasteiger partial charge in [-0.15, -0.1) is 0 Å². The summed E-state index contributed by atoms with van der Waals surface area (Å²) in [5.74, 6) is -0.178. The summed E-state index contributed by atoms with van der Waals surface area (Å²) in [7, 11) is 0. The van der Waals surface area contributed by atoms with Crippen LogP contribution in [0.25, 0.3) is 0 Å². The number of halogens is 1. The quantitative estimate of drug-likeness (QED) is 0.789. The molecule has 1 aromatic carbocycles. The molecule has 0 radical (unpaired) electrons. The minimum absolute atomic E-state index is 0.0668. The van der Waals surface area contributed by atoms with Gasteiger partial charge in [0.1, 0.15) is 0 Å². The first-order valence-electron chi connectivity index (χ1n) is 6.51. The average Bonchev–Trinajstić information content (AvgIpc) is 2.41. The minimum atomic E-state index is -0.178. The van der Waals surface area contributed by atoms with E-state index in [1.807, 2.05) is 13.8 Å². The smallest absolute Gasteiger partial charge is 0.256 e. The van der Waals surface area contributed by atoms with Crippen LogP contribution in [-0.2, 0) is 0 Å². The molecule has 0 unspecified atom stereocenters. The van der Waals surface area contributed by atoms with Crippen LogP contribution in [0.5, 0.6) is 0 Å². The number of carbonyl (C=O) groups is 1. The van der Waals surface area contributed by atoms with Gasteiger partial charge in [-0.1, -0.05) is 25.4 Å². The molecule has 19 heavy (non-hydrogen) atoms. The lowest BCUT2D eigenvalue weighted by Crippen LogP contribution is -2.41. The van der Waals surface area contributed by atoms with Crippen LogP contribution < -0.4 is 5.73 Å². The van der Waals surface area contributed by atoms with Crippen LogP contribution in [0.4, 0.5) is 5.69 Å². The van der Waals surface area contributed by atoms with Crippen LogP contribution in [0, 0.1) is 0 Å². The van der Waals surface area contributed by atoms with Crippen molar-refractivity contribution >= 4 is 23.2 Å². The van der Waals surface area contributed by atoms with Crippen molar-refractivity contribution in [1.29, 1.82) is 0 Å². The fourth-order valence-corrected chi connectivity index (χ4v) is 2.33. The van der Waals surface area contributed by atoms with Crippen molar-refractivity contribution in [2.75, 3.05) is 18.9 Å². The van der Waals surface area contributed by atoms with Crippen LogP contribution in [0.1, 0.15) is 37.0 Å². The standard InChI is InChI=1S/C14H21ClN2O2/c1-3-11(4-2)17(7-8-18)14(19)12-9-10(15)5-6-13(12)16/h5-6,9,11,18H,3-4,7-8,16H2,1-2H3. The van der Waals surface area contributed by atoms with Gasteiger partial charge in [0, 0.05) is 23.3 Å². The lowest BCUT2D eigenvalue weighted by Gasteiger charge is -2.30. The maximum atomic E-state index is 12.5. The highest BCUT2D eigenvalue weighted by Gasteiger charge is 2.23. The molecular weight excluding hydrogens is 264 g/mol. The summed E-state index contributed by atoms with van der Waals surface area (Å²) in [6.45, 7) is 4.28. The Morgan fingerprint density at radius 1 is 1.42 bits per heavy atom. The van der Waals surface area contributed by atoms with Crippen molar-refractivity contribution in [3.63, 3.8) is 0 Å². The van der Waals surface area contributed by atoms with E-state index in [1.165, 1.54) is 0 Å². The monoisotopic (exact) mass is 284 g/mol. The number of carbonyl (C=O) groups excluding carboxylic acids is 1. The van der Waals surface area contributed by atoms with Crippen LogP contribution in [-0.4, -0.2) is 35.1 Å². The third-order valence-electron chi connectivity index (χ3n) is 3.23. The summed E-state index contributed by atoms with van der Waals surface area (Å²) < 4.78 is 0. The number of nitrogens with two attached hydrogens (primary N) is 1. The Labute approximate surface area is 119 Å². The molecule has 0 atom stereocenters. The van der Waals surface area contributed by atoms with Crippen LogP contribution in [0.2, 0.25) is 5.02 Å². The number of amides is 1. The number of anilines is 1. The number of benzene rings is 1. The Hall–Kier alpha value is -1.26. The lowest BCUT2D eigenvalue weighted by molar-refractivity contribution is 0.0623. The van der Waals surface area contributed by atoms with Gasteiger partial charge in [0.15, 0.2) is 0 Å². The summed E-state index contributed by atoms with van der Waals surface area (Å²) in [5.41, 5.74) is 6.64. The van der Waals surface area contributed by atoms with E-state index in [0.717, 1.165) is 12.8 Å². The van der Waals surface area contributed by atoms with E-state index in [1.54, 1.807) is 23.1 Å². The van der Waals surface area contributed by atoms with Gasteiger partial charge in [0.25, 0.3) is 5.91 Å². The number of hydrogen-bond acceptors (Lipinski definition) is 3. The zero-order chi connectivity index (χ0) is 14.4. The van der Waals surface area contributed by atoms with E-state index in [4.69, 9.17) is 22.4 Å². The Balaban J connectivity index is 3.08. The van der Waals surface area contributed by atoms with Gasteiger partial charge in [-0.25, -0.2) is 0 Å². The van der Waals surface area contributed by atoms with Crippen molar-refractivity contribution < 1.29 is 9.90 Å². The fraction of sp³-hybridized carbons (Fsp3) is 0.500. The second kappa shape index (κ2) is 7.36. The first kappa shape index (κ1) is 15.8. The normalized spacial score (nSPS) is 10.8. The molecule has 0 heterocycles. The molecule has 4 nitrogen and oxygen atoms in total. The van der Waals surface area contributed by atoms with Crippen molar-refractivity contribution in [3.05, 3.63) is 28.8 Å². The molecule has 0 fully saturated rings. The van der Waals surface area contributed by atoms with E-state index < -0.39 is 0 Å². The summed E-state index contributed by atoms with van der Waals surface area (Å²) in [5, 5.41) is 9.62. The molecule has 0 saturated carbocycles. The molecule has 0 aromatic heterocycles. The first-order chi connectivity index (χ1) is 9.04. The van der Waals surface area contributed by atoms with E-state index >= 15 is 0 Å². The number of nitrogen functional groups attached to an aromatic ring is 1. The van der Waals surface area contributed by atoms with Crippen molar-refractivity contribution in [2.45, 2.75) is 32.7 Å². The van der Waals surface area contributed by atoms with Crippen molar-refractivity contribution in [3.8, 4) is 0 Å². The molecule has 0 spiro atoms. The molecule has 1 aromatic rings. The van der Waals surface area contributed by atoms with Gasteiger partial charge in [0.2, 0.25) is 0 Å². The number of aliphatic hydroxyl groups excluding tert-OH is 1. The second-order valence-corrected chi connectivity index (χ2v) is 4.86. The summed E-state index contributed by atoms with van der Waals surface area (Å²) in [6, 6.07) is 4.95. The lowest BCUT2D eigenvalue weighted by atomic mass is 10.1. The molecule has 3 N–H and O–H groups in total. The highest BCUT2D eigenvalue weighted by Crippen LogP contribution is 2.21. The maximum Gasteiger partial charge on any atom is 0.256 e. The number of hydrogen-bond donors (Lipinski definition) is 2. The summed E-state index contributed by atoms with van der Waals surface area (Å²) in [6.07, 6.45) is 1.67. The molecule has 0 saturated heterocycles. The SMILES string of the molecule is CCC(CC)N(CCO)C(=O)c1cc(Cl)ccc1N. The Kier molecular flexibility index (Phi) is 6.12. The molecule has 5 heteroatoms. The second-order valence-electron chi connectivity index (χ2n) is 4.42. The van der Waals surface area contributed by atoms with E-state index in [-0.39, 0.29) is 18.6 Å². The van der Waals surface area contributed by atoms with E-state index in [9.17, 15) is 4.79 Å². The van der Waals surface area contributed by atoms with Gasteiger partial charge in [0.05, 0.1) is 12.2 Å². The van der Waals surface area contributed by atoms with Crippen LogP contribution in [0.3, 0.4) is 0 Å². The predicted molar refractivity (Wildman–Crippen MR) is 78.4 cm³/mol. The van der Waals surface area contributed by atoms with Crippen molar-refractivity contribution in [1.82, 2.24) is 4.90 Å². The Morgan fingerprint density at radius 3 is 2.58 bits per heavy atom. The Morgan fingerprint density at radius 2 is 2.05 bits per heavy atom. The van der Waals surface area contributed by atoms with E-state index in [0.29, 0.717) is 22.8 Å². The Bertz CT molecular complexity index is 433. The fourth-order valence-electron chi connectivity index (χ4n) is 2.16. The van der Waals surface area contributed by atoms with Gasteiger partial charge >= 0.3 is 0 Å². The maximum absolute atomic E-state index is 12.5. The molecule has 0 bridgehead atoms. The van der Waals surface area contributed by atoms with Crippen molar-refractivity contribution in [2.24, 2.45) is 0 Å². The third kappa shape index (κ3) is 3.85. The molecule has 1 rings (SSSR count). The number of nitrogens with zero attached hydrogens (tertiary/aromatic N) is 1. The molecule has 0 aliphatic heterocycles. The molecule has 0 aliphatic carbocycles. The summed E-state index contributed by atoms with van der Waals surface area (Å²) in [4.78, 5) is 14.2. The number of aliphatic hydroxyl groups is 1. The van der Waals surface area contributed by atoms with Crippen LogP contribution in [0.15, 0.2) is 18.2 Å². The van der Waals surface area contributed by atoms with Gasteiger partial charge in [-0.2, -0.15) is 0 Å². The first-order valence-corrected chi connectivity index (χ1v) is 6.89. The summed E-state index contributed by atoms with van der Waals surface area (Å²) >= 11 is 5.91. The van der Waals surface area contributed by atoms with Gasteiger partial charge in [-0.05, 0) is 31.0 Å². The average molecular weight is 285 g/mol. The van der Waals surface area contributed by atoms with Crippen LogP contribution >= 0.6 is 11.6 Å². The topological polar surface area (TPSA) is 66.6 Å². The largest absolute Gasteiger partial charge is 0.398 e. The molecule has 106 valence electrons. The zero-order valence-corrected chi connectivity index (χ0v) is 12.2. The zero-order valence-electron chi connectivity index (χ0n) is 11.4. The number of rotatable bonds is 6. The predicted octanol–water partition coefficient (Wildman–Crippen LogP) is 2.55. The molecule has 0 aliphatic rings. The van der Waals surface area contributed by atoms with Gasteiger partial charge < -0.3 is 15.7 Å². The third-order valence-corrected chi connectivity index (χ3v) is 3.47. The van der Waals surface area contributed by atoms with E-state index in [2.05, 4.69) is 0 Å². The molecular formula is C14H21ClN2O2. The van der Waals surface area contributed by atoms with Gasteiger partial charge in [-0.3, -0.25) is 4.79 Å². The molecule has 1 amide bonds.